The van der Waals surface area contributed by atoms with E-state index in [4.69, 9.17) is 11.3 Å². The second kappa shape index (κ2) is 8.07. The predicted molar refractivity (Wildman–Crippen MR) is 136 cm³/mol. The van der Waals surface area contributed by atoms with Crippen molar-refractivity contribution < 1.29 is 11.3 Å². The molecule has 33 heavy (non-hydrogen) atoms. The zero-order valence-electron chi connectivity index (χ0n) is 22.7. The second-order valence-corrected chi connectivity index (χ2v) is 7.94. The van der Waals surface area contributed by atoms with Crippen LogP contribution < -0.4 is 0 Å². The summed E-state index contributed by atoms with van der Waals surface area (Å²) in [6, 6.07) is 31.0. The molecule has 0 amide bonds. The Morgan fingerprint density at radius 2 is 1.58 bits per heavy atom. The summed E-state index contributed by atoms with van der Waals surface area (Å²) in [7, 11) is 0. The number of benzene rings is 4. The fourth-order valence-corrected chi connectivity index (χ4v) is 4.26. The average molecular weight is 431 g/mol. The normalized spacial score (nSPS) is 14.4. The molecule has 2 heterocycles. The first-order valence-corrected chi connectivity index (χ1v) is 10.8. The molecular weight excluding hydrogens is 402 g/mol. The van der Waals surface area contributed by atoms with E-state index in [1.54, 1.807) is 36.5 Å². The van der Waals surface area contributed by atoms with Gasteiger partial charge in [-0.2, -0.15) is 0 Å². The SMILES string of the molecule is [2H]C([2H])([2H])c1cc(-c2ccc(C([2H])([2H])c3ccccc3)c3c2oc2ccccc23)ncc1-c1ccccc1. The van der Waals surface area contributed by atoms with Gasteiger partial charge in [-0.1, -0.05) is 84.9 Å². The topological polar surface area (TPSA) is 26.0 Å². The number of fused-ring (bicyclic) bond motifs is 3. The summed E-state index contributed by atoms with van der Waals surface area (Å²) < 4.78 is 49.1. The molecule has 0 spiro atoms. The molecule has 6 aromatic rings. The standard InChI is InChI=1S/C31H23NO/c1-21-18-28(32-20-27(21)23-12-6-3-7-13-23)25-17-16-24(19-22-10-4-2-5-11-22)30-26-14-8-9-15-29(26)33-31(25)30/h2-18,20H,19H2,1H3/i1D3,19D2. The van der Waals surface area contributed by atoms with E-state index in [1.165, 1.54) is 0 Å². The van der Waals surface area contributed by atoms with Crippen molar-refractivity contribution in [3.63, 3.8) is 0 Å². The fraction of sp³-hybridized carbons (Fsp3) is 0.0645. The van der Waals surface area contributed by atoms with Crippen LogP contribution in [-0.2, 0) is 6.37 Å². The minimum absolute atomic E-state index is 0.196. The van der Waals surface area contributed by atoms with Crippen LogP contribution in [0.25, 0.3) is 44.3 Å². The van der Waals surface area contributed by atoms with E-state index in [1.807, 2.05) is 72.8 Å². The zero-order chi connectivity index (χ0) is 26.5. The minimum atomic E-state index is -2.36. The maximum atomic E-state index is 9.05. The smallest absolute Gasteiger partial charge is 0.145 e. The Hall–Kier alpha value is -4.17. The number of nitrogens with zero attached hydrogens (tertiary/aromatic N) is 1. The van der Waals surface area contributed by atoms with Gasteiger partial charge in [0.15, 0.2) is 0 Å². The third-order valence-electron chi connectivity index (χ3n) is 5.84. The highest BCUT2D eigenvalue weighted by Gasteiger charge is 2.17. The van der Waals surface area contributed by atoms with Gasteiger partial charge in [0, 0.05) is 34.9 Å². The summed E-state index contributed by atoms with van der Waals surface area (Å²) >= 11 is 0. The monoisotopic (exact) mass is 430 g/mol. The number of hydrogen-bond acceptors (Lipinski definition) is 2. The highest BCUT2D eigenvalue weighted by atomic mass is 16.3. The van der Waals surface area contributed by atoms with Gasteiger partial charge >= 0.3 is 0 Å². The van der Waals surface area contributed by atoms with Gasteiger partial charge < -0.3 is 4.42 Å². The van der Waals surface area contributed by atoms with Crippen LogP contribution in [0.3, 0.4) is 0 Å². The third kappa shape index (κ3) is 3.50. The summed E-state index contributed by atoms with van der Waals surface area (Å²) in [5.74, 6) is 0. The Kier molecular flexibility index (Phi) is 3.62. The van der Waals surface area contributed by atoms with Crippen LogP contribution in [0.2, 0.25) is 0 Å². The van der Waals surface area contributed by atoms with Gasteiger partial charge in [-0.15, -0.1) is 0 Å². The Balaban J connectivity index is 1.62. The first-order valence-electron chi connectivity index (χ1n) is 13.3. The maximum absolute atomic E-state index is 9.05. The number of rotatable bonds is 4. The average Bonchev–Trinajstić information content (AvgIpc) is 3.32. The molecule has 2 aromatic heterocycles. The van der Waals surface area contributed by atoms with Crippen molar-refractivity contribution in [2.24, 2.45) is 0 Å². The van der Waals surface area contributed by atoms with E-state index in [9.17, 15) is 0 Å². The highest BCUT2D eigenvalue weighted by molar-refractivity contribution is 6.11. The van der Waals surface area contributed by atoms with E-state index < -0.39 is 13.2 Å². The van der Waals surface area contributed by atoms with Crippen molar-refractivity contribution in [3.05, 3.63) is 126 Å². The first kappa shape index (κ1) is 14.8. The molecule has 0 aliphatic rings. The molecule has 0 aliphatic carbocycles. The molecule has 0 atom stereocenters. The largest absolute Gasteiger partial charge is 0.455 e. The van der Waals surface area contributed by atoms with Gasteiger partial charge in [0.05, 0.1) is 5.69 Å². The number of aromatic nitrogens is 1. The Morgan fingerprint density at radius 1 is 0.818 bits per heavy atom. The number of aryl methyl sites for hydroxylation is 1. The maximum Gasteiger partial charge on any atom is 0.145 e. The van der Waals surface area contributed by atoms with Crippen molar-refractivity contribution in [1.82, 2.24) is 4.98 Å². The van der Waals surface area contributed by atoms with Crippen molar-refractivity contribution in [2.75, 3.05) is 0 Å². The molecule has 158 valence electrons. The minimum Gasteiger partial charge on any atom is -0.455 e. The Bertz CT molecular complexity index is 1770. The van der Waals surface area contributed by atoms with Gasteiger partial charge in [0.1, 0.15) is 11.2 Å². The fourth-order valence-electron chi connectivity index (χ4n) is 4.26. The summed E-state index contributed by atoms with van der Waals surface area (Å²) in [6.07, 6.45) is -0.197. The summed E-state index contributed by atoms with van der Waals surface area (Å²) in [5, 5.41) is 1.44. The summed E-state index contributed by atoms with van der Waals surface area (Å²) in [5.41, 5.74) is 4.68. The molecule has 0 aliphatic heterocycles. The first-order chi connectivity index (χ1) is 18.2. The molecule has 0 fully saturated rings. The van der Waals surface area contributed by atoms with Crippen molar-refractivity contribution in [1.29, 1.82) is 0 Å². The second-order valence-electron chi connectivity index (χ2n) is 7.94. The van der Waals surface area contributed by atoms with Gasteiger partial charge in [-0.3, -0.25) is 4.98 Å². The molecule has 0 unspecified atom stereocenters. The lowest BCUT2D eigenvalue weighted by molar-refractivity contribution is 0.669. The lowest BCUT2D eigenvalue weighted by atomic mass is 9.95. The van der Waals surface area contributed by atoms with Gasteiger partial charge in [0.2, 0.25) is 0 Å². The molecule has 2 heteroatoms. The number of furan rings is 1. The van der Waals surface area contributed by atoms with E-state index in [-0.39, 0.29) is 5.56 Å². The highest BCUT2D eigenvalue weighted by Crippen LogP contribution is 2.39. The predicted octanol–water partition coefficient (Wildman–Crippen LogP) is 8.21. The van der Waals surface area contributed by atoms with Crippen LogP contribution in [0.1, 0.15) is 23.5 Å². The van der Waals surface area contributed by atoms with E-state index in [0.717, 1.165) is 10.9 Å². The molecule has 0 N–H and O–H groups in total. The molecule has 2 nitrogen and oxygen atoms in total. The lowest BCUT2D eigenvalue weighted by Crippen LogP contribution is -1.93. The molecular formula is C31H23NO. The molecule has 0 bridgehead atoms. The van der Waals surface area contributed by atoms with Crippen LogP contribution in [0, 0.1) is 6.85 Å². The third-order valence-corrected chi connectivity index (χ3v) is 5.84. The molecule has 6 rings (SSSR count). The van der Waals surface area contributed by atoms with Gasteiger partial charge in [-0.25, -0.2) is 0 Å². The number of para-hydroxylation sites is 1. The molecule has 0 saturated carbocycles. The molecule has 4 aromatic carbocycles. The van der Waals surface area contributed by atoms with Crippen molar-refractivity contribution in [3.8, 4) is 22.4 Å². The molecule has 0 radical (unpaired) electrons. The summed E-state index contributed by atoms with van der Waals surface area (Å²) in [6.45, 7) is -2.36. The van der Waals surface area contributed by atoms with Crippen LogP contribution in [-0.4, -0.2) is 4.98 Å². The van der Waals surface area contributed by atoms with Crippen LogP contribution in [0.5, 0.6) is 0 Å². The Labute approximate surface area is 200 Å². The lowest BCUT2D eigenvalue weighted by Gasteiger charge is -2.11. The van der Waals surface area contributed by atoms with Gasteiger partial charge in [0.25, 0.3) is 0 Å². The van der Waals surface area contributed by atoms with E-state index in [2.05, 4.69) is 4.98 Å². The van der Waals surface area contributed by atoms with Crippen molar-refractivity contribution in [2.45, 2.75) is 13.2 Å². The Morgan fingerprint density at radius 3 is 2.39 bits per heavy atom. The van der Waals surface area contributed by atoms with E-state index >= 15 is 0 Å². The van der Waals surface area contributed by atoms with Crippen LogP contribution >= 0.6 is 0 Å². The number of hydrogen-bond donors (Lipinski definition) is 0. The quantitative estimate of drug-likeness (QED) is 0.282. The zero-order valence-corrected chi connectivity index (χ0v) is 17.7. The molecule has 0 saturated heterocycles. The summed E-state index contributed by atoms with van der Waals surface area (Å²) in [4.78, 5) is 4.67. The van der Waals surface area contributed by atoms with E-state index in [0.29, 0.717) is 44.5 Å². The number of pyridine rings is 1. The van der Waals surface area contributed by atoms with Gasteiger partial charge in [-0.05, 0) is 53.7 Å². The van der Waals surface area contributed by atoms with Crippen LogP contribution in [0.15, 0.2) is 114 Å². The van der Waals surface area contributed by atoms with Crippen LogP contribution in [0.4, 0.5) is 0 Å². The van der Waals surface area contributed by atoms with Crippen molar-refractivity contribution >= 4 is 21.9 Å².